The molecule has 1 aliphatic heterocycles. The molecule has 64 valence electrons. The average molecular weight is 231 g/mol. The molecule has 1 aromatic rings. The fourth-order valence-corrected chi connectivity index (χ4v) is 1.54. The Morgan fingerprint density at radius 3 is 3.25 bits per heavy atom. The van der Waals surface area contributed by atoms with E-state index in [2.05, 4.69) is 21.2 Å². The van der Waals surface area contributed by atoms with E-state index in [1.807, 2.05) is 0 Å². The van der Waals surface area contributed by atoms with Gasteiger partial charge in [0.2, 0.25) is 5.75 Å². The lowest BCUT2D eigenvalue weighted by Crippen LogP contribution is -2.35. The largest absolute Gasteiger partial charge is 0.711 e. The molecule has 2 heterocycles. The number of fused-ring (bicyclic) bond motifs is 1. The lowest BCUT2D eigenvalue weighted by molar-refractivity contribution is -0.591. The summed E-state index contributed by atoms with van der Waals surface area (Å²) in [4.78, 5) is 0. The van der Waals surface area contributed by atoms with Gasteiger partial charge in [0.05, 0.1) is 10.7 Å². The molecule has 1 aliphatic rings. The monoisotopic (exact) mass is 230 g/mol. The molecule has 1 N–H and O–H groups in total. The first-order valence-electron chi connectivity index (χ1n) is 3.57. The minimum Gasteiger partial charge on any atom is -0.711 e. The topological polar surface area (TPSA) is 48.2 Å². The predicted molar refractivity (Wildman–Crippen MR) is 47.1 cm³/mol. The second-order valence-corrected chi connectivity index (χ2v) is 3.30. The predicted octanol–water partition coefficient (Wildman–Crippen LogP) is 0.887. The number of anilines is 1. The Hall–Kier alpha value is -0.970. The molecule has 2 rings (SSSR count). The van der Waals surface area contributed by atoms with E-state index < -0.39 is 0 Å². The SMILES string of the molecule is [O-][n+]1ccc(Br)c2c1NCCO2. The van der Waals surface area contributed by atoms with Crippen molar-refractivity contribution in [3.8, 4) is 5.75 Å². The van der Waals surface area contributed by atoms with Gasteiger partial charge in [0.15, 0.2) is 0 Å². The highest BCUT2D eigenvalue weighted by Gasteiger charge is 2.20. The Labute approximate surface area is 77.9 Å². The molecule has 0 saturated carbocycles. The van der Waals surface area contributed by atoms with Gasteiger partial charge in [0, 0.05) is 0 Å². The Bertz CT molecular complexity index is 286. The molecule has 0 amide bonds. The number of nitrogens with one attached hydrogen (secondary N) is 1. The summed E-state index contributed by atoms with van der Waals surface area (Å²) in [6, 6.07) is 1.67. The van der Waals surface area contributed by atoms with Crippen molar-refractivity contribution < 1.29 is 9.47 Å². The van der Waals surface area contributed by atoms with Crippen LogP contribution in [0.3, 0.4) is 0 Å². The maximum absolute atomic E-state index is 11.2. The Balaban J connectivity index is 2.57. The number of rotatable bonds is 0. The Morgan fingerprint density at radius 1 is 1.67 bits per heavy atom. The summed E-state index contributed by atoms with van der Waals surface area (Å²) in [7, 11) is 0. The van der Waals surface area contributed by atoms with Gasteiger partial charge in [-0.05, 0) is 22.0 Å². The van der Waals surface area contributed by atoms with E-state index >= 15 is 0 Å². The van der Waals surface area contributed by atoms with Crippen LogP contribution in [0.25, 0.3) is 0 Å². The molecule has 1 aromatic heterocycles. The molecular formula is C7H7BrN2O2. The fourth-order valence-electron chi connectivity index (χ4n) is 1.11. The van der Waals surface area contributed by atoms with Gasteiger partial charge in [-0.3, -0.25) is 5.32 Å². The molecule has 0 aliphatic carbocycles. The van der Waals surface area contributed by atoms with Gasteiger partial charge in [0.1, 0.15) is 13.2 Å². The van der Waals surface area contributed by atoms with Gasteiger partial charge in [0.25, 0.3) is 0 Å². The third-order valence-corrected chi connectivity index (χ3v) is 2.27. The van der Waals surface area contributed by atoms with Crippen LogP contribution in [-0.4, -0.2) is 13.2 Å². The third kappa shape index (κ3) is 1.10. The van der Waals surface area contributed by atoms with Crippen molar-refractivity contribution in [2.45, 2.75) is 0 Å². The highest BCUT2D eigenvalue weighted by Crippen LogP contribution is 2.31. The second kappa shape index (κ2) is 2.82. The summed E-state index contributed by atoms with van der Waals surface area (Å²) < 4.78 is 6.87. The van der Waals surface area contributed by atoms with Crippen LogP contribution in [0, 0.1) is 5.21 Å². The summed E-state index contributed by atoms with van der Waals surface area (Å²) in [6.07, 6.45) is 1.44. The summed E-state index contributed by atoms with van der Waals surface area (Å²) in [5.41, 5.74) is 0. The van der Waals surface area contributed by atoms with Crippen LogP contribution in [-0.2, 0) is 0 Å². The van der Waals surface area contributed by atoms with Gasteiger partial charge in [-0.25, -0.2) is 4.73 Å². The van der Waals surface area contributed by atoms with Crippen molar-refractivity contribution in [1.29, 1.82) is 0 Å². The van der Waals surface area contributed by atoms with Gasteiger partial charge >= 0.3 is 5.82 Å². The van der Waals surface area contributed by atoms with Crippen molar-refractivity contribution in [3.63, 3.8) is 0 Å². The number of pyridine rings is 1. The van der Waals surface area contributed by atoms with Crippen molar-refractivity contribution >= 4 is 21.7 Å². The zero-order chi connectivity index (χ0) is 8.55. The zero-order valence-corrected chi connectivity index (χ0v) is 7.80. The maximum Gasteiger partial charge on any atom is 0.321 e. The number of hydrogen-bond acceptors (Lipinski definition) is 3. The molecule has 0 radical (unpaired) electrons. The first kappa shape index (κ1) is 7.67. The first-order valence-corrected chi connectivity index (χ1v) is 4.36. The molecule has 0 unspecified atom stereocenters. The summed E-state index contributed by atoms with van der Waals surface area (Å²) in [5, 5.41) is 14.1. The van der Waals surface area contributed by atoms with Gasteiger partial charge in [-0.2, -0.15) is 0 Å². The Morgan fingerprint density at radius 2 is 2.50 bits per heavy atom. The molecule has 4 nitrogen and oxygen atoms in total. The molecule has 0 atom stereocenters. The minimum absolute atomic E-state index is 0.482. The summed E-state index contributed by atoms with van der Waals surface area (Å²) in [5.74, 6) is 1.08. The lowest BCUT2D eigenvalue weighted by atomic mass is 10.4. The van der Waals surface area contributed by atoms with Crippen molar-refractivity contribution in [2.75, 3.05) is 18.5 Å². The number of hydrogen-bond donors (Lipinski definition) is 1. The van der Waals surface area contributed by atoms with E-state index in [-0.39, 0.29) is 0 Å². The molecule has 12 heavy (non-hydrogen) atoms. The average Bonchev–Trinajstić information content (AvgIpc) is 2.12. The van der Waals surface area contributed by atoms with Gasteiger partial charge in [-0.1, -0.05) is 0 Å². The van der Waals surface area contributed by atoms with E-state index in [1.165, 1.54) is 6.20 Å². The van der Waals surface area contributed by atoms with Crippen LogP contribution >= 0.6 is 15.9 Å². The Kier molecular flexibility index (Phi) is 1.80. The van der Waals surface area contributed by atoms with Crippen LogP contribution in [0.2, 0.25) is 0 Å². The van der Waals surface area contributed by atoms with Crippen LogP contribution in [0.5, 0.6) is 5.75 Å². The molecule has 0 aromatic carbocycles. The highest BCUT2D eigenvalue weighted by atomic mass is 79.9. The third-order valence-electron chi connectivity index (χ3n) is 1.65. The number of aromatic nitrogens is 1. The molecular weight excluding hydrogens is 224 g/mol. The smallest absolute Gasteiger partial charge is 0.321 e. The van der Waals surface area contributed by atoms with Crippen LogP contribution in [0.15, 0.2) is 16.7 Å². The van der Waals surface area contributed by atoms with Crippen LogP contribution in [0.4, 0.5) is 5.82 Å². The number of ether oxygens (including phenoxy) is 1. The molecule has 5 heteroatoms. The summed E-state index contributed by atoms with van der Waals surface area (Å²) >= 11 is 3.30. The zero-order valence-electron chi connectivity index (χ0n) is 6.21. The minimum atomic E-state index is 0.482. The van der Waals surface area contributed by atoms with E-state index in [0.29, 0.717) is 24.7 Å². The van der Waals surface area contributed by atoms with E-state index in [0.717, 1.165) is 9.20 Å². The van der Waals surface area contributed by atoms with Crippen LogP contribution in [0.1, 0.15) is 0 Å². The van der Waals surface area contributed by atoms with Crippen molar-refractivity contribution in [2.24, 2.45) is 0 Å². The van der Waals surface area contributed by atoms with Crippen molar-refractivity contribution in [3.05, 3.63) is 21.9 Å². The van der Waals surface area contributed by atoms with E-state index in [4.69, 9.17) is 4.74 Å². The van der Waals surface area contributed by atoms with Crippen LogP contribution < -0.4 is 14.8 Å². The van der Waals surface area contributed by atoms with E-state index in [1.54, 1.807) is 6.07 Å². The lowest BCUT2D eigenvalue weighted by Gasteiger charge is -2.18. The second-order valence-electron chi connectivity index (χ2n) is 2.44. The van der Waals surface area contributed by atoms with E-state index in [9.17, 15) is 5.21 Å². The number of nitrogens with zero attached hydrogens (tertiary/aromatic N) is 1. The van der Waals surface area contributed by atoms with Gasteiger partial charge < -0.3 is 9.94 Å². The molecule has 0 fully saturated rings. The van der Waals surface area contributed by atoms with Crippen molar-refractivity contribution in [1.82, 2.24) is 0 Å². The van der Waals surface area contributed by atoms with Gasteiger partial charge in [-0.15, -0.1) is 0 Å². The fraction of sp³-hybridized carbons (Fsp3) is 0.286. The molecule has 0 bridgehead atoms. The normalized spacial score (nSPS) is 14.4. The first-order chi connectivity index (χ1) is 5.79. The number of halogens is 1. The molecule has 0 saturated heterocycles. The molecule has 0 spiro atoms. The highest BCUT2D eigenvalue weighted by molar-refractivity contribution is 9.10. The maximum atomic E-state index is 11.2. The summed E-state index contributed by atoms with van der Waals surface area (Å²) in [6.45, 7) is 1.27. The quantitative estimate of drug-likeness (QED) is 0.532. The standard InChI is InChI=1S/C7H7BrN2O2/c8-5-1-3-10(11)7-6(5)12-4-2-9-7/h1,3,9H,2,4H2.